The molecule has 2 unspecified atom stereocenters. The van der Waals surface area contributed by atoms with Crippen molar-refractivity contribution >= 4 is 17.8 Å². The molecule has 1 saturated carbocycles. The number of amides is 3. The topological polar surface area (TPSA) is 143 Å². The van der Waals surface area contributed by atoms with Crippen LogP contribution >= 0.6 is 0 Å². The quantitative estimate of drug-likeness (QED) is 0.477. The molecule has 1 aromatic heterocycles. The van der Waals surface area contributed by atoms with Gasteiger partial charge in [0.2, 0.25) is 5.91 Å². The molecule has 3 amide bonds. The second-order valence-electron chi connectivity index (χ2n) is 11.7. The van der Waals surface area contributed by atoms with Crippen molar-refractivity contribution in [3.8, 4) is 5.69 Å². The van der Waals surface area contributed by atoms with E-state index in [0.717, 1.165) is 32.4 Å². The molecule has 1 saturated heterocycles. The first-order valence-corrected chi connectivity index (χ1v) is 14.3. The molecule has 4 rings (SSSR count). The van der Waals surface area contributed by atoms with Crippen LogP contribution in [0.3, 0.4) is 0 Å². The summed E-state index contributed by atoms with van der Waals surface area (Å²) in [6.07, 6.45) is 4.94. The molecule has 0 spiro atoms. The van der Waals surface area contributed by atoms with Gasteiger partial charge in [0.05, 0.1) is 11.2 Å². The van der Waals surface area contributed by atoms with Gasteiger partial charge < -0.3 is 21.3 Å². The lowest BCUT2D eigenvalue weighted by molar-refractivity contribution is -0.137. The van der Waals surface area contributed by atoms with E-state index in [1.165, 1.54) is 10.1 Å². The highest BCUT2D eigenvalue weighted by atomic mass is 16.2. The van der Waals surface area contributed by atoms with E-state index in [0.29, 0.717) is 49.9 Å². The first kappa shape index (κ1) is 29.7. The van der Waals surface area contributed by atoms with Gasteiger partial charge in [-0.25, -0.2) is 9.59 Å². The molecule has 2 aromatic rings. The average Bonchev–Trinajstić information content (AvgIpc) is 2.93. The van der Waals surface area contributed by atoms with Gasteiger partial charge in [0.1, 0.15) is 5.82 Å². The van der Waals surface area contributed by atoms with E-state index in [1.807, 2.05) is 24.3 Å². The third-order valence-corrected chi connectivity index (χ3v) is 8.17. The van der Waals surface area contributed by atoms with Crippen LogP contribution < -0.4 is 22.5 Å². The van der Waals surface area contributed by atoms with Gasteiger partial charge in [-0.1, -0.05) is 26.0 Å². The molecule has 2 fully saturated rings. The predicted octanol–water partition coefficient (Wildman–Crippen LogP) is 1.98. The number of carbonyl (C=O) groups excluding carboxylic acids is 2. The summed E-state index contributed by atoms with van der Waals surface area (Å²) >= 11 is 0. The normalized spacial score (nSPS) is 21.9. The number of hydrogen-bond donors (Lipinski definition) is 3. The van der Waals surface area contributed by atoms with Crippen molar-refractivity contribution in [3.05, 3.63) is 52.6 Å². The number of nitrogens with zero attached hydrogens (tertiary/aromatic N) is 5. The fourth-order valence-corrected chi connectivity index (χ4v) is 5.60. The number of rotatable bonds is 7. The molecule has 2 aliphatic rings. The number of hydrogen-bond acceptors (Lipinski definition) is 7. The van der Waals surface area contributed by atoms with Gasteiger partial charge in [0.25, 0.3) is 0 Å². The van der Waals surface area contributed by atoms with E-state index in [-0.39, 0.29) is 17.8 Å². The minimum Gasteiger partial charge on any atom is -0.338 e. The number of carbonyl (C=O) groups is 2. The molecule has 0 radical (unpaired) electrons. The van der Waals surface area contributed by atoms with Crippen molar-refractivity contribution in [2.75, 3.05) is 38.0 Å². The third-order valence-electron chi connectivity index (χ3n) is 8.17. The SMILES string of the molecule is CCN(Cc1ccc(-n2ccc(NC(=O)N3CCN(C(=O)C(C)(C)N)CC3)nc2=O)cc1)C1CC[C@H](N)C(C)C1. The molecule has 11 heteroatoms. The van der Waals surface area contributed by atoms with Gasteiger partial charge in [0, 0.05) is 51.0 Å². The van der Waals surface area contributed by atoms with Crippen LogP contribution in [0.2, 0.25) is 0 Å². The highest BCUT2D eigenvalue weighted by Crippen LogP contribution is 2.28. The minimum absolute atomic E-state index is 0.141. The monoisotopic (exact) mass is 552 g/mol. The Morgan fingerprint density at radius 3 is 2.30 bits per heavy atom. The Labute approximate surface area is 236 Å². The van der Waals surface area contributed by atoms with Gasteiger partial charge in [-0.05, 0) is 69.3 Å². The molecule has 2 heterocycles. The molecule has 1 aromatic carbocycles. The van der Waals surface area contributed by atoms with Crippen molar-refractivity contribution in [2.45, 2.75) is 71.1 Å². The summed E-state index contributed by atoms with van der Waals surface area (Å²) in [5.41, 5.74) is 12.6. The van der Waals surface area contributed by atoms with Crippen LogP contribution in [0.25, 0.3) is 5.69 Å². The van der Waals surface area contributed by atoms with Crippen LogP contribution in [0, 0.1) is 5.92 Å². The van der Waals surface area contributed by atoms with E-state index in [4.69, 9.17) is 11.5 Å². The second kappa shape index (κ2) is 12.5. The number of nitrogens with two attached hydrogens (primary N) is 2. The van der Waals surface area contributed by atoms with E-state index in [1.54, 1.807) is 35.9 Å². The minimum atomic E-state index is -0.947. The van der Waals surface area contributed by atoms with Crippen molar-refractivity contribution < 1.29 is 9.59 Å². The lowest BCUT2D eigenvalue weighted by Crippen LogP contribution is -2.58. The van der Waals surface area contributed by atoms with E-state index >= 15 is 0 Å². The lowest BCUT2D eigenvalue weighted by atomic mass is 9.82. The van der Waals surface area contributed by atoms with Gasteiger partial charge in [-0.3, -0.25) is 19.6 Å². The third kappa shape index (κ3) is 7.07. The first-order valence-electron chi connectivity index (χ1n) is 14.3. The van der Waals surface area contributed by atoms with Gasteiger partial charge in [-0.2, -0.15) is 4.98 Å². The van der Waals surface area contributed by atoms with Crippen LogP contribution in [0.15, 0.2) is 41.3 Å². The molecular weight excluding hydrogens is 508 g/mol. The maximum Gasteiger partial charge on any atom is 0.354 e. The summed E-state index contributed by atoms with van der Waals surface area (Å²) < 4.78 is 1.46. The lowest BCUT2D eigenvalue weighted by Gasteiger charge is -2.38. The summed E-state index contributed by atoms with van der Waals surface area (Å²) in [5, 5.41) is 2.70. The molecule has 40 heavy (non-hydrogen) atoms. The van der Waals surface area contributed by atoms with Crippen LogP contribution in [-0.2, 0) is 11.3 Å². The Bertz CT molecular complexity index is 1230. The van der Waals surface area contributed by atoms with Crippen molar-refractivity contribution in [2.24, 2.45) is 17.4 Å². The van der Waals surface area contributed by atoms with Crippen molar-refractivity contribution in [1.29, 1.82) is 0 Å². The number of benzene rings is 1. The summed E-state index contributed by atoms with van der Waals surface area (Å²) in [5.74, 6) is 0.578. The molecular formula is C29H44N8O3. The van der Waals surface area contributed by atoms with E-state index in [9.17, 15) is 14.4 Å². The Kier molecular flexibility index (Phi) is 9.27. The van der Waals surface area contributed by atoms with Crippen LogP contribution in [0.4, 0.5) is 10.6 Å². The zero-order valence-corrected chi connectivity index (χ0v) is 24.2. The number of aromatic nitrogens is 2. The summed E-state index contributed by atoms with van der Waals surface area (Å²) in [4.78, 5) is 47.7. The average molecular weight is 553 g/mol. The molecule has 11 nitrogen and oxygen atoms in total. The predicted molar refractivity (Wildman–Crippen MR) is 156 cm³/mol. The van der Waals surface area contributed by atoms with Gasteiger partial charge in [0.15, 0.2) is 0 Å². The Morgan fingerprint density at radius 1 is 1.07 bits per heavy atom. The Morgan fingerprint density at radius 2 is 1.73 bits per heavy atom. The first-order chi connectivity index (χ1) is 19.0. The fourth-order valence-electron chi connectivity index (χ4n) is 5.60. The highest BCUT2D eigenvalue weighted by Gasteiger charge is 2.31. The molecule has 3 atom stereocenters. The summed E-state index contributed by atoms with van der Waals surface area (Å²) in [6.45, 7) is 11.2. The molecule has 5 N–H and O–H groups in total. The maximum atomic E-state index is 12.8. The van der Waals surface area contributed by atoms with Crippen LogP contribution in [0.5, 0.6) is 0 Å². The van der Waals surface area contributed by atoms with Gasteiger partial charge in [-0.15, -0.1) is 0 Å². The molecule has 1 aliphatic carbocycles. The maximum absolute atomic E-state index is 12.8. The van der Waals surface area contributed by atoms with E-state index in [2.05, 4.69) is 29.0 Å². The van der Waals surface area contributed by atoms with Crippen molar-refractivity contribution in [1.82, 2.24) is 24.3 Å². The second-order valence-corrected chi connectivity index (χ2v) is 11.7. The number of urea groups is 1. The molecule has 218 valence electrons. The Hall–Kier alpha value is -3.28. The van der Waals surface area contributed by atoms with Crippen molar-refractivity contribution in [3.63, 3.8) is 0 Å². The van der Waals surface area contributed by atoms with Crippen LogP contribution in [-0.4, -0.2) is 86.5 Å². The standard InChI is InChI=1S/C29H44N8O3/c1-5-34(23-10-11-24(30)20(2)18-23)19-21-6-8-22(9-7-21)37-13-12-25(33-28(37)40)32-27(39)36-16-14-35(15-17-36)26(38)29(3,4)31/h6-9,12-13,20,23-24H,5,10-11,14-19,30-31H2,1-4H3,(H,32,33,39,40)/t20?,23?,24-/m0/s1. The largest absolute Gasteiger partial charge is 0.354 e. The zero-order valence-electron chi connectivity index (χ0n) is 24.2. The smallest absolute Gasteiger partial charge is 0.338 e. The summed E-state index contributed by atoms with van der Waals surface area (Å²) in [6, 6.07) is 10.0. The highest BCUT2D eigenvalue weighted by molar-refractivity contribution is 5.89. The number of nitrogens with one attached hydrogen (secondary N) is 1. The van der Waals surface area contributed by atoms with Crippen LogP contribution in [0.1, 0.15) is 52.5 Å². The number of anilines is 1. The Balaban J connectivity index is 1.33. The molecule has 1 aliphatic heterocycles. The van der Waals surface area contributed by atoms with Gasteiger partial charge >= 0.3 is 11.7 Å². The zero-order chi connectivity index (χ0) is 29.0. The van der Waals surface area contributed by atoms with E-state index < -0.39 is 11.2 Å². The number of piperazine rings is 1. The summed E-state index contributed by atoms with van der Waals surface area (Å²) in [7, 11) is 0. The fraction of sp³-hybridized carbons (Fsp3) is 0.586. The molecule has 0 bridgehead atoms.